The van der Waals surface area contributed by atoms with Crippen molar-refractivity contribution in [3.05, 3.63) is 59.1 Å². The average Bonchev–Trinajstić information content (AvgIpc) is 3.05. The molecule has 2 atom stereocenters. The van der Waals surface area contributed by atoms with E-state index in [0.29, 0.717) is 29.3 Å². The minimum absolute atomic E-state index is 0.0967. The molecule has 2 aromatic rings. The van der Waals surface area contributed by atoms with Crippen molar-refractivity contribution in [3.8, 4) is 5.75 Å². The lowest BCUT2D eigenvalue weighted by Gasteiger charge is -2.29. The first-order chi connectivity index (χ1) is 12.0. The molecule has 1 saturated heterocycles. The zero-order valence-corrected chi connectivity index (χ0v) is 14.4. The van der Waals surface area contributed by atoms with Crippen molar-refractivity contribution in [2.24, 2.45) is 0 Å². The van der Waals surface area contributed by atoms with E-state index in [9.17, 15) is 9.59 Å². The first-order valence-corrected chi connectivity index (χ1v) is 8.52. The van der Waals surface area contributed by atoms with E-state index >= 15 is 0 Å². The molecule has 5 nitrogen and oxygen atoms in total. The van der Waals surface area contributed by atoms with Crippen molar-refractivity contribution < 1.29 is 14.3 Å². The summed E-state index contributed by atoms with van der Waals surface area (Å²) in [7, 11) is 1.72. The summed E-state index contributed by atoms with van der Waals surface area (Å²) in [6.45, 7) is 0.389. The van der Waals surface area contributed by atoms with Crippen molar-refractivity contribution in [2.45, 2.75) is 18.6 Å². The Morgan fingerprint density at radius 2 is 1.88 bits per heavy atom. The second-order valence-electron chi connectivity index (χ2n) is 6.32. The molecule has 0 aliphatic carbocycles. The number of hydrogen-bond donors (Lipinski definition) is 0. The number of benzene rings is 2. The fraction of sp³-hybridized carbons (Fsp3) is 0.263. The number of likely N-dealkylation sites (N-methyl/N-ethyl adjacent to an activating group) is 1. The van der Waals surface area contributed by atoms with Crippen LogP contribution in [0.25, 0.3) is 0 Å². The molecule has 25 heavy (non-hydrogen) atoms. The van der Waals surface area contributed by atoms with Gasteiger partial charge in [0.2, 0.25) is 5.91 Å². The van der Waals surface area contributed by atoms with Crippen LogP contribution in [0.5, 0.6) is 5.75 Å². The second-order valence-corrected chi connectivity index (χ2v) is 6.76. The predicted octanol–water partition coefficient (Wildman–Crippen LogP) is 2.98. The number of ether oxygens (including phenoxy) is 1. The number of halogens is 1. The molecule has 2 aliphatic rings. The molecule has 2 heterocycles. The normalized spacial score (nSPS) is 22.1. The lowest BCUT2D eigenvalue weighted by molar-refractivity contribution is -0.122. The molecule has 2 amide bonds. The molecule has 2 aromatic carbocycles. The van der Waals surface area contributed by atoms with E-state index in [1.54, 1.807) is 41.1 Å². The second kappa shape index (κ2) is 6.08. The molecule has 1 fully saturated rings. The highest BCUT2D eigenvalue weighted by Gasteiger charge is 2.44. The first kappa shape index (κ1) is 16.0. The molecule has 128 valence electrons. The van der Waals surface area contributed by atoms with Crippen molar-refractivity contribution >= 4 is 29.1 Å². The third kappa shape index (κ3) is 2.74. The molecule has 0 aromatic heterocycles. The van der Waals surface area contributed by atoms with Gasteiger partial charge in [-0.05, 0) is 36.4 Å². The van der Waals surface area contributed by atoms with Gasteiger partial charge in [0, 0.05) is 24.1 Å². The first-order valence-electron chi connectivity index (χ1n) is 8.14. The molecule has 0 unspecified atom stereocenters. The Labute approximate surface area is 150 Å². The molecule has 0 saturated carbocycles. The Kier molecular flexibility index (Phi) is 3.88. The van der Waals surface area contributed by atoms with Gasteiger partial charge in [0.1, 0.15) is 17.9 Å². The van der Waals surface area contributed by atoms with E-state index < -0.39 is 6.04 Å². The van der Waals surface area contributed by atoms with Crippen LogP contribution in [0.4, 0.5) is 5.69 Å². The number of anilines is 1. The van der Waals surface area contributed by atoms with Crippen LogP contribution in [0.2, 0.25) is 5.02 Å². The maximum atomic E-state index is 13.0. The summed E-state index contributed by atoms with van der Waals surface area (Å²) in [5.74, 6) is 0.392. The SMILES string of the molecule is CN1C(=O)[C@@H]2C[C@@H](CN2C(=O)c2ccc(Cl)cc2)Oc2ccccc21. The van der Waals surface area contributed by atoms with Crippen LogP contribution < -0.4 is 9.64 Å². The summed E-state index contributed by atoms with van der Waals surface area (Å²) in [5, 5.41) is 0.569. The largest absolute Gasteiger partial charge is 0.486 e. The third-order valence-electron chi connectivity index (χ3n) is 4.75. The standard InChI is InChI=1S/C19H17ClN2O3/c1-21-15-4-2-3-5-17(15)25-14-10-16(19(21)24)22(11-14)18(23)12-6-8-13(20)9-7-12/h2-9,14,16H,10-11H2,1H3/t14-,16-/m0/s1. The van der Waals surface area contributed by atoms with Gasteiger partial charge in [-0.15, -0.1) is 0 Å². The Hall–Kier alpha value is -2.53. The summed E-state index contributed by atoms with van der Waals surface area (Å²) < 4.78 is 6.07. The van der Waals surface area contributed by atoms with Crippen molar-refractivity contribution in [1.82, 2.24) is 4.90 Å². The summed E-state index contributed by atoms with van der Waals surface area (Å²) >= 11 is 5.90. The molecule has 0 spiro atoms. The molecule has 2 aliphatic heterocycles. The van der Waals surface area contributed by atoms with Crippen molar-refractivity contribution in [2.75, 3.05) is 18.5 Å². The van der Waals surface area contributed by atoms with Gasteiger partial charge in [-0.1, -0.05) is 23.7 Å². The van der Waals surface area contributed by atoms with Gasteiger partial charge in [0.15, 0.2) is 0 Å². The van der Waals surface area contributed by atoms with Gasteiger partial charge in [-0.25, -0.2) is 0 Å². The van der Waals surface area contributed by atoms with Gasteiger partial charge in [-0.2, -0.15) is 0 Å². The van der Waals surface area contributed by atoms with E-state index in [0.717, 1.165) is 5.69 Å². The van der Waals surface area contributed by atoms with E-state index in [-0.39, 0.29) is 17.9 Å². The lowest BCUT2D eigenvalue weighted by atomic mass is 10.1. The molecular formula is C19H17ClN2O3. The average molecular weight is 357 g/mol. The number of carbonyl (C=O) groups is 2. The number of rotatable bonds is 1. The van der Waals surface area contributed by atoms with Crippen LogP contribution in [0.1, 0.15) is 16.8 Å². The van der Waals surface area contributed by atoms with E-state index in [1.807, 2.05) is 24.3 Å². The number of likely N-dealkylation sites (tertiary alicyclic amines) is 1. The highest BCUT2D eigenvalue weighted by molar-refractivity contribution is 6.30. The molecule has 0 radical (unpaired) electrons. The summed E-state index contributed by atoms with van der Waals surface area (Å²) in [4.78, 5) is 29.1. The smallest absolute Gasteiger partial charge is 0.254 e. The van der Waals surface area contributed by atoms with Crippen molar-refractivity contribution in [3.63, 3.8) is 0 Å². The quantitative estimate of drug-likeness (QED) is 0.789. The zero-order chi connectivity index (χ0) is 17.6. The Morgan fingerprint density at radius 3 is 2.64 bits per heavy atom. The van der Waals surface area contributed by atoms with Gasteiger partial charge in [0.25, 0.3) is 5.91 Å². The van der Waals surface area contributed by atoms with Crippen LogP contribution in [0.15, 0.2) is 48.5 Å². The van der Waals surface area contributed by atoms with Crippen LogP contribution in [-0.4, -0.2) is 42.5 Å². The van der Waals surface area contributed by atoms with Gasteiger partial charge in [0.05, 0.1) is 12.2 Å². The maximum Gasteiger partial charge on any atom is 0.254 e. The van der Waals surface area contributed by atoms with E-state index in [4.69, 9.17) is 16.3 Å². The zero-order valence-electron chi connectivity index (χ0n) is 13.7. The fourth-order valence-electron chi connectivity index (χ4n) is 3.46. The highest BCUT2D eigenvalue weighted by Crippen LogP contribution is 2.35. The summed E-state index contributed by atoms with van der Waals surface area (Å²) in [6, 6.07) is 13.6. The van der Waals surface area contributed by atoms with Crippen molar-refractivity contribution in [1.29, 1.82) is 0 Å². The highest BCUT2D eigenvalue weighted by atomic mass is 35.5. The fourth-order valence-corrected chi connectivity index (χ4v) is 3.58. The molecular weight excluding hydrogens is 340 g/mol. The van der Waals surface area contributed by atoms with Crippen LogP contribution in [-0.2, 0) is 4.79 Å². The van der Waals surface area contributed by atoms with Gasteiger partial charge in [-0.3, -0.25) is 9.59 Å². The Morgan fingerprint density at radius 1 is 1.16 bits per heavy atom. The van der Waals surface area contributed by atoms with Gasteiger partial charge < -0.3 is 14.5 Å². The number of hydrogen-bond acceptors (Lipinski definition) is 3. The molecule has 6 heteroatoms. The number of fused-ring (bicyclic) bond motifs is 3. The maximum absolute atomic E-state index is 13.0. The minimum atomic E-state index is -0.522. The molecule has 0 N–H and O–H groups in total. The number of amides is 2. The molecule has 2 bridgehead atoms. The third-order valence-corrected chi connectivity index (χ3v) is 5.00. The number of nitrogens with zero attached hydrogens (tertiary/aromatic N) is 2. The van der Waals surface area contributed by atoms with Crippen LogP contribution in [0, 0.1) is 0 Å². The number of para-hydroxylation sites is 2. The van der Waals surface area contributed by atoms with Crippen LogP contribution >= 0.6 is 11.6 Å². The van der Waals surface area contributed by atoms with Gasteiger partial charge >= 0.3 is 0 Å². The topological polar surface area (TPSA) is 49.9 Å². The number of carbonyl (C=O) groups excluding carboxylic acids is 2. The molecule has 4 rings (SSSR count). The summed E-state index contributed by atoms with van der Waals surface area (Å²) in [6.07, 6.45) is 0.302. The predicted molar refractivity (Wildman–Crippen MR) is 95.2 cm³/mol. The Balaban J connectivity index is 1.67. The Bertz CT molecular complexity index is 837. The lowest BCUT2D eigenvalue weighted by Crippen LogP contribution is -2.46. The van der Waals surface area contributed by atoms with Crippen LogP contribution in [0.3, 0.4) is 0 Å². The minimum Gasteiger partial charge on any atom is -0.486 e. The van der Waals surface area contributed by atoms with E-state index in [2.05, 4.69) is 0 Å². The summed E-state index contributed by atoms with van der Waals surface area (Å²) in [5.41, 5.74) is 1.24. The monoisotopic (exact) mass is 356 g/mol. The van der Waals surface area contributed by atoms with E-state index in [1.165, 1.54) is 0 Å².